The van der Waals surface area contributed by atoms with E-state index in [2.05, 4.69) is 211 Å². The summed E-state index contributed by atoms with van der Waals surface area (Å²) in [6.45, 7) is 5.09. The number of nitrogens with zero attached hydrogens (tertiary/aromatic N) is 3. The molecule has 0 N–H and O–H groups in total. The van der Waals surface area contributed by atoms with Crippen molar-refractivity contribution in [3.63, 3.8) is 0 Å². The molecular formula is C52H42IrN3Si-. The summed E-state index contributed by atoms with van der Waals surface area (Å²) in [5.41, 5.74) is 14.3. The fourth-order valence-electron chi connectivity index (χ4n) is 9.38. The third kappa shape index (κ3) is 6.37. The number of hydrogen-bond donors (Lipinski definition) is 0. The summed E-state index contributed by atoms with van der Waals surface area (Å²) >= 11 is 0. The van der Waals surface area contributed by atoms with Crippen molar-refractivity contribution in [2.45, 2.75) is 31.4 Å². The van der Waals surface area contributed by atoms with Gasteiger partial charge in [0.05, 0.1) is 0 Å². The van der Waals surface area contributed by atoms with Gasteiger partial charge in [-0.25, -0.2) is 0 Å². The van der Waals surface area contributed by atoms with Crippen molar-refractivity contribution >= 4 is 52.6 Å². The minimum Gasteiger partial charge on any atom is -0.310 e. The van der Waals surface area contributed by atoms with E-state index in [0.717, 1.165) is 46.8 Å². The second-order valence-corrected chi connectivity index (χ2v) is 20.0. The largest absolute Gasteiger partial charge is 0.310 e. The van der Waals surface area contributed by atoms with Crippen molar-refractivity contribution in [1.82, 2.24) is 4.98 Å². The van der Waals surface area contributed by atoms with E-state index < -0.39 is 8.07 Å². The molecule has 1 aliphatic heterocycles. The SMILES string of the molecule is C[Si]1(C)c2ccc(N(c3ccccc3)c3ccccc3)cc2C2(Cc3c[c-]c(-c4ccccn4)cc3C2)c2cc(N(c3ccccc3)c3ccccc3)ccc21.[Ir]. The van der Waals surface area contributed by atoms with E-state index in [4.69, 9.17) is 4.98 Å². The summed E-state index contributed by atoms with van der Waals surface area (Å²) in [5.74, 6) is 0. The molecule has 0 atom stereocenters. The van der Waals surface area contributed by atoms with Crippen molar-refractivity contribution in [3.8, 4) is 11.3 Å². The van der Waals surface area contributed by atoms with Gasteiger partial charge in [-0.1, -0.05) is 121 Å². The van der Waals surface area contributed by atoms with E-state index >= 15 is 0 Å². The molecule has 5 heteroatoms. The number of fused-ring (bicyclic) bond motifs is 5. The van der Waals surface area contributed by atoms with E-state index in [1.54, 1.807) is 0 Å². The molecule has 1 radical (unpaired) electrons. The minimum absolute atomic E-state index is 0. The van der Waals surface area contributed by atoms with Gasteiger partial charge in [0, 0.05) is 65.8 Å². The van der Waals surface area contributed by atoms with Crippen LogP contribution >= 0.6 is 0 Å². The van der Waals surface area contributed by atoms with Crippen molar-refractivity contribution in [2.75, 3.05) is 9.80 Å². The van der Waals surface area contributed by atoms with Gasteiger partial charge in [0.25, 0.3) is 0 Å². The zero-order valence-corrected chi connectivity index (χ0v) is 35.5. The van der Waals surface area contributed by atoms with Crippen LogP contribution in [-0.2, 0) is 38.4 Å². The molecule has 3 nitrogen and oxygen atoms in total. The quantitative estimate of drug-likeness (QED) is 0.117. The Morgan fingerprint density at radius 2 is 0.930 bits per heavy atom. The van der Waals surface area contributed by atoms with Gasteiger partial charge < -0.3 is 14.8 Å². The molecule has 1 spiro atoms. The average molecular weight is 929 g/mol. The van der Waals surface area contributed by atoms with Crippen molar-refractivity contribution < 1.29 is 20.1 Å². The Hall–Kier alpha value is -5.84. The molecule has 0 amide bonds. The molecule has 10 rings (SSSR count). The monoisotopic (exact) mass is 929 g/mol. The molecule has 2 heterocycles. The Morgan fingerprint density at radius 1 is 0.491 bits per heavy atom. The summed E-state index contributed by atoms with van der Waals surface area (Å²) in [5, 5.41) is 3.04. The van der Waals surface area contributed by atoms with Gasteiger partial charge in [-0.05, 0) is 109 Å². The summed E-state index contributed by atoms with van der Waals surface area (Å²) in [4.78, 5) is 9.54. The van der Waals surface area contributed by atoms with E-state index in [1.807, 2.05) is 12.3 Å². The Kier molecular flexibility index (Phi) is 9.62. The third-order valence-corrected chi connectivity index (χ3v) is 15.6. The third-order valence-electron chi connectivity index (χ3n) is 12.0. The zero-order chi connectivity index (χ0) is 37.7. The van der Waals surface area contributed by atoms with Gasteiger partial charge >= 0.3 is 0 Å². The fraction of sp³-hybridized carbons (Fsp3) is 0.0962. The number of hydrogen-bond acceptors (Lipinski definition) is 3. The molecule has 0 saturated heterocycles. The number of para-hydroxylation sites is 4. The van der Waals surface area contributed by atoms with Crippen LogP contribution in [0.5, 0.6) is 0 Å². The summed E-state index contributed by atoms with van der Waals surface area (Å²) < 4.78 is 0. The predicted octanol–water partition coefficient (Wildman–Crippen LogP) is 11.7. The van der Waals surface area contributed by atoms with Crippen molar-refractivity contribution in [1.29, 1.82) is 0 Å². The number of aromatic nitrogens is 1. The molecule has 1 aliphatic carbocycles. The normalized spacial score (nSPS) is 14.1. The fourth-order valence-corrected chi connectivity index (χ4v) is 12.6. The number of rotatable bonds is 7. The summed E-state index contributed by atoms with van der Waals surface area (Å²) in [6.07, 6.45) is 3.69. The van der Waals surface area contributed by atoms with Crippen LogP contribution in [0.1, 0.15) is 22.3 Å². The second kappa shape index (κ2) is 14.9. The first-order chi connectivity index (χ1) is 27.5. The molecule has 0 saturated carbocycles. The van der Waals surface area contributed by atoms with Gasteiger partial charge in [0.2, 0.25) is 0 Å². The number of anilines is 6. The Balaban J connectivity index is 0.00000422. The van der Waals surface area contributed by atoms with Gasteiger partial charge in [-0.2, -0.15) is 0 Å². The summed E-state index contributed by atoms with van der Waals surface area (Å²) in [6, 6.07) is 72.3. The predicted molar refractivity (Wildman–Crippen MR) is 236 cm³/mol. The van der Waals surface area contributed by atoms with Crippen molar-refractivity contribution in [3.05, 3.63) is 223 Å². The summed E-state index contributed by atoms with van der Waals surface area (Å²) in [7, 11) is -2.18. The van der Waals surface area contributed by atoms with E-state index in [0.29, 0.717) is 0 Å². The minimum atomic E-state index is -2.18. The van der Waals surface area contributed by atoms with Crippen LogP contribution < -0.4 is 20.2 Å². The molecule has 0 unspecified atom stereocenters. The Morgan fingerprint density at radius 3 is 1.37 bits per heavy atom. The smallest absolute Gasteiger partial charge is 0.113 e. The van der Waals surface area contributed by atoms with Crippen LogP contribution in [0, 0.1) is 6.07 Å². The van der Waals surface area contributed by atoms with E-state index in [9.17, 15) is 0 Å². The topological polar surface area (TPSA) is 19.4 Å². The van der Waals surface area contributed by atoms with Gasteiger partial charge in [-0.3, -0.25) is 0 Å². The van der Waals surface area contributed by atoms with Crippen molar-refractivity contribution in [2.24, 2.45) is 0 Å². The molecule has 0 fully saturated rings. The average Bonchev–Trinajstić information content (AvgIpc) is 3.65. The van der Waals surface area contributed by atoms with Crippen LogP contribution in [0.3, 0.4) is 0 Å². The first kappa shape index (κ1) is 36.8. The van der Waals surface area contributed by atoms with Crippen LogP contribution in [0.25, 0.3) is 11.3 Å². The maximum atomic E-state index is 4.71. The van der Waals surface area contributed by atoms with Crippen LogP contribution in [0.15, 0.2) is 194 Å². The molecule has 7 aromatic carbocycles. The van der Waals surface area contributed by atoms with E-state index in [1.165, 1.54) is 44.0 Å². The van der Waals surface area contributed by atoms with E-state index in [-0.39, 0.29) is 25.5 Å². The van der Waals surface area contributed by atoms with Crippen LogP contribution in [0.2, 0.25) is 13.1 Å². The molecule has 0 bridgehead atoms. The Labute approximate surface area is 350 Å². The number of benzene rings is 7. The first-order valence-corrected chi connectivity index (χ1v) is 22.5. The molecule has 2 aliphatic rings. The van der Waals surface area contributed by atoms with Crippen LogP contribution in [0.4, 0.5) is 34.1 Å². The first-order valence-electron chi connectivity index (χ1n) is 19.5. The van der Waals surface area contributed by atoms with Gasteiger partial charge in [0.15, 0.2) is 0 Å². The number of pyridine rings is 1. The van der Waals surface area contributed by atoms with Gasteiger partial charge in [-0.15, -0.1) is 34.9 Å². The maximum absolute atomic E-state index is 4.71. The maximum Gasteiger partial charge on any atom is 0.113 e. The molecule has 1 aromatic heterocycles. The molecule has 279 valence electrons. The van der Waals surface area contributed by atoms with Gasteiger partial charge in [0.1, 0.15) is 8.07 Å². The molecular weight excluding hydrogens is 887 g/mol. The molecule has 8 aromatic rings. The Bertz CT molecular complexity index is 2450. The van der Waals surface area contributed by atoms with Crippen LogP contribution in [-0.4, -0.2) is 13.1 Å². The standard InChI is InChI=1S/C52H42N3Si.Ir/c1-56(2)50-30-28-45(54(41-17-7-3-8-18-41)42-19-9-4-10-20-42)34-47(50)52(36-39-27-26-38(33-40(39)37-52)49-25-15-16-32-53-49)48-35-46(29-31-51(48)56)55(43-21-11-5-12-22-43)44-23-13-6-14-24-44;/h3-25,27-35H,36-37H2,1-2H3;/q-1;. The zero-order valence-electron chi connectivity index (χ0n) is 32.1. The molecule has 57 heavy (non-hydrogen) atoms. The second-order valence-electron chi connectivity index (χ2n) is 15.6.